The molecule has 0 heterocycles. The molecule has 0 rings (SSSR count). The quantitative estimate of drug-likeness (QED) is 0.331. The van der Waals surface area contributed by atoms with E-state index in [1.165, 1.54) is 0 Å². The molecule has 0 amide bonds. The summed E-state index contributed by atoms with van der Waals surface area (Å²) in [4.78, 5) is 10.1. The lowest BCUT2D eigenvalue weighted by molar-refractivity contribution is -0.104. The Morgan fingerprint density at radius 1 is 1.50 bits per heavy atom. The highest BCUT2D eigenvalue weighted by Gasteiger charge is 1.85. The molecule has 0 saturated carbocycles. The number of rotatable bonds is 4. The smallest absolute Gasteiger partial charge is 0.145 e. The van der Waals surface area contributed by atoms with Gasteiger partial charge in [-0.3, -0.25) is 4.79 Å². The van der Waals surface area contributed by atoms with E-state index in [-0.39, 0.29) is 0 Å². The number of hydrogen-bond acceptors (Lipinski definition) is 1. The van der Waals surface area contributed by atoms with Crippen LogP contribution in [0.5, 0.6) is 0 Å². The summed E-state index contributed by atoms with van der Waals surface area (Å²) in [5, 5.41) is 0. The molecule has 1 heteroatoms. The highest BCUT2D eigenvalue weighted by Crippen LogP contribution is 2.02. The second kappa shape index (κ2) is 4.98. The summed E-state index contributed by atoms with van der Waals surface area (Å²) >= 11 is 0. The monoisotopic (exact) mass is 138 g/mol. The summed E-state index contributed by atoms with van der Waals surface area (Å²) < 4.78 is 0. The summed E-state index contributed by atoms with van der Waals surface area (Å²) in [5.41, 5.74) is 1.97. The largest absolute Gasteiger partial charge is 0.298 e. The summed E-state index contributed by atoms with van der Waals surface area (Å²) in [5.74, 6) is 0. The molecule has 0 aliphatic carbocycles. The van der Waals surface area contributed by atoms with Crippen molar-refractivity contribution in [2.75, 3.05) is 0 Å². The van der Waals surface area contributed by atoms with E-state index in [1.54, 1.807) is 0 Å². The van der Waals surface area contributed by atoms with Gasteiger partial charge in [0.25, 0.3) is 0 Å². The van der Waals surface area contributed by atoms with Gasteiger partial charge < -0.3 is 0 Å². The predicted octanol–water partition coefficient (Wildman–Crippen LogP) is 2.49. The fraction of sp³-hybridized carbons (Fsp3) is 0.444. The Morgan fingerprint density at radius 2 is 2.10 bits per heavy atom. The standard InChI is InChI=1S/C9H14O/c1-8(2)5-4-6-9(3)7-10/h6-7H,1,4-5H2,2-3H3/b9-6+. The maximum atomic E-state index is 10.1. The van der Waals surface area contributed by atoms with Gasteiger partial charge >= 0.3 is 0 Å². The lowest BCUT2D eigenvalue weighted by Gasteiger charge is -1.92. The Labute approximate surface area is 62.4 Å². The van der Waals surface area contributed by atoms with E-state index < -0.39 is 0 Å². The van der Waals surface area contributed by atoms with Crippen molar-refractivity contribution >= 4 is 6.29 Å². The molecule has 0 aromatic heterocycles. The van der Waals surface area contributed by atoms with E-state index in [0.717, 1.165) is 30.3 Å². The molecule has 0 radical (unpaired) electrons. The zero-order valence-corrected chi connectivity index (χ0v) is 6.68. The number of carbonyl (C=O) groups is 1. The van der Waals surface area contributed by atoms with Crippen molar-refractivity contribution in [3.63, 3.8) is 0 Å². The lowest BCUT2D eigenvalue weighted by atomic mass is 10.1. The van der Waals surface area contributed by atoms with Crippen LogP contribution in [0.4, 0.5) is 0 Å². The molecule has 0 aromatic carbocycles. The molecule has 0 atom stereocenters. The highest BCUT2D eigenvalue weighted by molar-refractivity contribution is 5.71. The van der Waals surface area contributed by atoms with Gasteiger partial charge in [0, 0.05) is 0 Å². The average molecular weight is 138 g/mol. The van der Waals surface area contributed by atoms with E-state index in [2.05, 4.69) is 6.58 Å². The first-order chi connectivity index (χ1) is 4.66. The molecule has 0 bridgehead atoms. The Balaban J connectivity index is 3.52. The van der Waals surface area contributed by atoms with Crippen LogP contribution in [0.3, 0.4) is 0 Å². The van der Waals surface area contributed by atoms with Crippen LogP contribution in [-0.2, 0) is 4.79 Å². The molecule has 0 unspecified atom stereocenters. The van der Waals surface area contributed by atoms with E-state index in [0.29, 0.717) is 0 Å². The first-order valence-electron chi connectivity index (χ1n) is 3.43. The van der Waals surface area contributed by atoms with Gasteiger partial charge in [0.05, 0.1) is 0 Å². The van der Waals surface area contributed by atoms with Crippen LogP contribution >= 0.6 is 0 Å². The van der Waals surface area contributed by atoms with Crippen molar-refractivity contribution in [2.24, 2.45) is 0 Å². The Morgan fingerprint density at radius 3 is 2.50 bits per heavy atom. The van der Waals surface area contributed by atoms with E-state index in [9.17, 15) is 4.79 Å². The Kier molecular flexibility index (Phi) is 4.55. The van der Waals surface area contributed by atoms with Crippen LogP contribution in [0.15, 0.2) is 23.8 Å². The van der Waals surface area contributed by atoms with Crippen molar-refractivity contribution in [1.29, 1.82) is 0 Å². The molecule has 0 fully saturated rings. The molecule has 0 saturated heterocycles. The normalized spacial score (nSPS) is 11.2. The van der Waals surface area contributed by atoms with Crippen LogP contribution in [0.1, 0.15) is 26.7 Å². The van der Waals surface area contributed by atoms with Gasteiger partial charge in [-0.1, -0.05) is 11.6 Å². The van der Waals surface area contributed by atoms with Crippen molar-refractivity contribution in [2.45, 2.75) is 26.7 Å². The first kappa shape index (κ1) is 9.15. The van der Waals surface area contributed by atoms with Crippen molar-refractivity contribution in [3.8, 4) is 0 Å². The number of allylic oxidation sites excluding steroid dienone is 3. The fourth-order valence-electron chi connectivity index (χ4n) is 0.594. The second-order valence-corrected chi connectivity index (χ2v) is 2.56. The molecule has 0 N–H and O–H groups in total. The Bertz CT molecular complexity index is 154. The topological polar surface area (TPSA) is 17.1 Å². The second-order valence-electron chi connectivity index (χ2n) is 2.56. The Hall–Kier alpha value is -0.850. The predicted molar refractivity (Wildman–Crippen MR) is 43.9 cm³/mol. The van der Waals surface area contributed by atoms with Gasteiger partial charge in [-0.05, 0) is 32.3 Å². The van der Waals surface area contributed by atoms with Gasteiger partial charge in [-0.25, -0.2) is 0 Å². The van der Waals surface area contributed by atoms with Gasteiger partial charge in [-0.15, -0.1) is 6.58 Å². The molecule has 1 nitrogen and oxygen atoms in total. The van der Waals surface area contributed by atoms with Crippen molar-refractivity contribution in [3.05, 3.63) is 23.8 Å². The van der Waals surface area contributed by atoms with Crippen LogP contribution in [-0.4, -0.2) is 6.29 Å². The molecule has 0 aliphatic heterocycles. The summed E-state index contributed by atoms with van der Waals surface area (Å²) in [6.07, 6.45) is 4.71. The fourth-order valence-corrected chi connectivity index (χ4v) is 0.594. The van der Waals surface area contributed by atoms with Gasteiger partial charge in [-0.2, -0.15) is 0 Å². The molecular formula is C9H14O. The zero-order valence-electron chi connectivity index (χ0n) is 6.68. The third-order valence-electron chi connectivity index (χ3n) is 1.22. The summed E-state index contributed by atoms with van der Waals surface area (Å²) in [6, 6.07) is 0. The third-order valence-corrected chi connectivity index (χ3v) is 1.22. The number of carbonyl (C=O) groups excluding carboxylic acids is 1. The first-order valence-corrected chi connectivity index (χ1v) is 3.43. The lowest BCUT2D eigenvalue weighted by Crippen LogP contribution is -1.77. The molecule has 0 spiro atoms. The van der Waals surface area contributed by atoms with Gasteiger partial charge in [0.2, 0.25) is 0 Å². The highest BCUT2D eigenvalue weighted by atomic mass is 16.1. The van der Waals surface area contributed by atoms with E-state index in [4.69, 9.17) is 0 Å². The van der Waals surface area contributed by atoms with E-state index in [1.807, 2.05) is 19.9 Å². The number of hydrogen-bond donors (Lipinski definition) is 0. The summed E-state index contributed by atoms with van der Waals surface area (Å²) in [6.45, 7) is 7.56. The minimum absolute atomic E-state index is 0.807. The number of aldehydes is 1. The van der Waals surface area contributed by atoms with E-state index >= 15 is 0 Å². The van der Waals surface area contributed by atoms with Gasteiger partial charge in [0.1, 0.15) is 6.29 Å². The average Bonchev–Trinajstić information content (AvgIpc) is 1.87. The SMILES string of the molecule is C=C(C)CC/C=C(\C)C=O. The summed E-state index contributed by atoms with van der Waals surface area (Å²) in [7, 11) is 0. The molecule has 0 aliphatic rings. The van der Waals surface area contributed by atoms with Crippen LogP contribution in [0.25, 0.3) is 0 Å². The van der Waals surface area contributed by atoms with Crippen LogP contribution in [0, 0.1) is 0 Å². The van der Waals surface area contributed by atoms with Gasteiger partial charge in [0.15, 0.2) is 0 Å². The molecule has 10 heavy (non-hydrogen) atoms. The van der Waals surface area contributed by atoms with Crippen LogP contribution < -0.4 is 0 Å². The minimum atomic E-state index is 0.807. The minimum Gasteiger partial charge on any atom is -0.298 e. The maximum absolute atomic E-state index is 10.1. The third kappa shape index (κ3) is 5.29. The van der Waals surface area contributed by atoms with Crippen LogP contribution in [0.2, 0.25) is 0 Å². The molecule has 56 valence electrons. The molecular weight excluding hydrogens is 124 g/mol. The van der Waals surface area contributed by atoms with Crippen molar-refractivity contribution < 1.29 is 4.79 Å². The maximum Gasteiger partial charge on any atom is 0.145 e. The zero-order chi connectivity index (χ0) is 7.98. The molecule has 0 aromatic rings. The van der Waals surface area contributed by atoms with Crippen molar-refractivity contribution in [1.82, 2.24) is 0 Å².